The van der Waals surface area contributed by atoms with E-state index in [1.54, 1.807) is 11.3 Å². The summed E-state index contributed by atoms with van der Waals surface area (Å²) in [5, 5.41) is 6.45. The van der Waals surface area contributed by atoms with Crippen molar-refractivity contribution in [3.05, 3.63) is 50.2 Å². The average Bonchev–Trinajstić information content (AvgIpc) is 3.22. The first-order valence-corrected chi connectivity index (χ1v) is 10.1. The number of allylic oxidation sites excluding steroid dienone is 2. The number of ketones is 1. The monoisotopic (exact) mass is 373 g/mol. The summed E-state index contributed by atoms with van der Waals surface area (Å²) in [5.41, 5.74) is 2.99. The van der Waals surface area contributed by atoms with Crippen molar-refractivity contribution in [2.24, 2.45) is 5.92 Å². The molecule has 1 N–H and O–H groups in total. The molecule has 0 spiro atoms. The molecule has 0 amide bonds. The van der Waals surface area contributed by atoms with E-state index in [4.69, 9.17) is 4.74 Å². The van der Waals surface area contributed by atoms with Crippen LogP contribution in [0.25, 0.3) is 0 Å². The van der Waals surface area contributed by atoms with Crippen LogP contribution in [0.5, 0.6) is 0 Å². The summed E-state index contributed by atoms with van der Waals surface area (Å²) < 4.78 is 5.22. The third kappa shape index (κ3) is 2.64. The van der Waals surface area contributed by atoms with Crippen LogP contribution in [-0.2, 0) is 9.53 Å². The Morgan fingerprint density at radius 3 is 2.96 bits per heavy atom. The first-order chi connectivity index (χ1) is 12.1. The Labute approximate surface area is 154 Å². The van der Waals surface area contributed by atoms with E-state index in [0.717, 1.165) is 28.2 Å². The Bertz CT molecular complexity index is 864. The van der Waals surface area contributed by atoms with E-state index in [0.29, 0.717) is 17.9 Å². The molecule has 0 unspecified atom stereocenters. The van der Waals surface area contributed by atoms with Gasteiger partial charge in [0.25, 0.3) is 0 Å². The van der Waals surface area contributed by atoms with Crippen LogP contribution in [0.4, 0.5) is 5.00 Å². The number of Topliss-reactive ketones (excluding diaryl/α,β-unsaturated/α-hetero) is 1. The van der Waals surface area contributed by atoms with Crippen molar-refractivity contribution in [2.45, 2.75) is 32.6 Å². The normalized spacial score (nSPS) is 21.8. The zero-order chi connectivity index (χ0) is 17.6. The number of hydrogen-bond acceptors (Lipinski definition) is 6. The molecule has 0 bridgehead atoms. The third-order valence-corrected chi connectivity index (χ3v) is 7.00. The van der Waals surface area contributed by atoms with E-state index in [1.165, 1.54) is 16.2 Å². The number of anilines is 1. The van der Waals surface area contributed by atoms with Crippen LogP contribution in [0.2, 0.25) is 0 Å². The topological polar surface area (TPSA) is 55.4 Å². The van der Waals surface area contributed by atoms with Crippen LogP contribution in [0.1, 0.15) is 51.4 Å². The second-order valence-electron chi connectivity index (χ2n) is 6.28. The lowest BCUT2D eigenvalue weighted by Gasteiger charge is -2.36. The summed E-state index contributed by atoms with van der Waals surface area (Å²) >= 11 is 3.10. The molecule has 1 aliphatic carbocycles. The number of hydrogen-bond donors (Lipinski definition) is 1. The Morgan fingerprint density at radius 1 is 1.40 bits per heavy atom. The molecule has 2 aromatic heterocycles. The lowest BCUT2D eigenvalue weighted by molar-refractivity contribution is -0.122. The number of nitrogens with one attached hydrogen (secondary N) is 1. The van der Waals surface area contributed by atoms with E-state index in [9.17, 15) is 9.59 Å². The summed E-state index contributed by atoms with van der Waals surface area (Å²) in [6.45, 7) is 4.13. The molecule has 0 radical (unpaired) electrons. The van der Waals surface area contributed by atoms with Crippen molar-refractivity contribution in [1.29, 1.82) is 0 Å². The van der Waals surface area contributed by atoms with Crippen molar-refractivity contribution in [3.8, 4) is 0 Å². The molecule has 130 valence electrons. The van der Waals surface area contributed by atoms with Crippen molar-refractivity contribution in [2.75, 3.05) is 11.9 Å². The van der Waals surface area contributed by atoms with Gasteiger partial charge >= 0.3 is 5.97 Å². The van der Waals surface area contributed by atoms with Crippen molar-refractivity contribution < 1.29 is 14.3 Å². The van der Waals surface area contributed by atoms with Gasteiger partial charge in [0.05, 0.1) is 17.5 Å². The molecule has 4 nitrogen and oxygen atoms in total. The van der Waals surface area contributed by atoms with Crippen LogP contribution in [0.3, 0.4) is 0 Å². The standard InChI is InChI=1S/C19H19NO3S2/c1-3-23-19(22)17-10(2)14-16(13-8-5-9-24-13)15-11(20-18(14)25-17)6-4-7-12(15)21/h5-6,8-9,15-16,20H,3-4,7H2,1-2H3/t15-,16+/m1/s1. The van der Waals surface area contributed by atoms with Gasteiger partial charge in [0, 0.05) is 28.5 Å². The zero-order valence-electron chi connectivity index (χ0n) is 14.1. The fourth-order valence-corrected chi connectivity index (χ4v) is 5.82. The zero-order valence-corrected chi connectivity index (χ0v) is 15.8. The van der Waals surface area contributed by atoms with Gasteiger partial charge in [-0.15, -0.1) is 22.7 Å². The molecule has 0 fully saturated rings. The number of fused-ring (bicyclic) bond motifs is 2. The van der Waals surface area contributed by atoms with Gasteiger partial charge in [-0.25, -0.2) is 4.79 Å². The maximum absolute atomic E-state index is 12.7. The molecule has 2 atom stereocenters. The fraction of sp³-hybridized carbons (Fsp3) is 0.368. The summed E-state index contributed by atoms with van der Waals surface area (Å²) in [5.74, 6) is -0.204. The Kier molecular flexibility index (Phi) is 4.25. The summed E-state index contributed by atoms with van der Waals surface area (Å²) in [4.78, 5) is 26.9. The quantitative estimate of drug-likeness (QED) is 0.791. The van der Waals surface area contributed by atoms with E-state index >= 15 is 0 Å². The molecular weight excluding hydrogens is 354 g/mol. The maximum Gasteiger partial charge on any atom is 0.348 e. The van der Waals surface area contributed by atoms with Crippen molar-refractivity contribution in [1.82, 2.24) is 0 Å². The predicted octanol–water partition coefficient (Wildman–Crippen LogP) is 4.72. The predicted molar refractivity (Wildman–Crippen MR) is 101 cm³/mol. The Morgan fingerprint density at radius 2 is 2.24 bits per heavy atom. The molecule has 25 heavy (non-hydrogen) atoms. The number of esters is 1. The number of carbonyl (C=O) groups excluding carboxylic acids is 2. The average molecular weight is 373 g/mol. The Balaban J connectivity index is 1.89. The van der Waals surface area contributed by atoms with E-state index in [2.05, 4.69) is 17.5 Å². The van der Waals surface area contributed by atoms with Crippen LogP contribution in [0.15, 0.2) is 29.3 Å². The molecule has 1 aliphatic heterocycles. The first kappa shape index (κ1) is 16.5. The molecule has 0 saturated heterocycles. The molecule has 6 heteroatoms. The smallest absolute Gasteiger partial charge is 0.348 e. The maximum atomic E-state index is 12.7. The lowest BCUT2D eigenvalue weighted by Crippen LogP contribution is -2.34. The molecule has 0 aromatic carbocycles. The second kappa shape index (κ2) is 6.42. The van der Waals surface area contributed by atoms with Crippen LogP contribution in [0, 0.1) is 12.8 Å². The SMILES string of the molecule is CCOC(=O)c1sc2c(c1C)[C@H](c1cccs1)[C@H]1C(=O)CCC=C1N2. The second-order valence-corrected chi connectivity index (χ2v) is 8.28. The minimum absolute atomic E-state index is 0.0188. The number of thiophene rings is 2. The molecule has 2 aliphatic rings. The third-order valence-electron chi connectivity index (χ3n) is 4.84. The number of rotatable bonds is 3. The Hall–Kier alpha value is -1.92. The lowest BCUT2D eigenvalue weighted by atomic mass is 9.74. The highest BCUT2D eigenvalue weighted by Crippen LogP contribution is 2.52. The van der Waals surface area contributed by atoms with Gasteiger partial charge in [-0.2, -0.15) is 0 Å². The van der Waals surface area contributed by atoms with Gasteiger partial charge in [0.15, 0.2) is 0 Å². The summed E-state index contributed by atoms with van der Waals surface area (Å²) in [6.07, 6.45) is 3.49. The van der Waals surface area contributed by atoms with E-state index in [1.807, 2.05) is 25.3 Å². The van der Waals surface area contributed by atoms with Crippen LogP contribution < -0.4 is 5.32 Å². The van der Waals surface area contributed by atoms with Gasteiger partial charge in [0.2, 0.25) is 0 Å². The summed E-state index contributed by atoms with van der Waals surface area (Å²) in [7, 11) is 0. The van der Waals surface area contributed by atoms with E-state index in [-0.39, 0.29) is 23.6 Å². The largest absolute Gasteiger partial charge is 0.462 e. The highest BCUT2D eigenvalue weighted by molar-refractivity contribution is 7.18. The molecule has 3 heterocycles. The van der Waals surface area contributed by atoms with Gasteiger partial charge in [0.1, 0.15) is 10.7 Å². The highest BCUT2D eigenvalue weighted by atomic mass is 32.1. The first-order valence-electron chi connectivity index (χ1n) is 8.45. The molecule has 0 saturated carbocycles. The van der Waals surface area contributed by atoms with Gasteiger partial charge < -0.3 is 10.1 Å². The highest BCUT2D eigenvalue weighted by Gasteiger charge is 2.43. The fourth-order valence-electron chi connectivity index (χ4n) is 3.78. The van der Waals surface area contributed by atoms with Gasteiger partial charge in [-0.05, 0) is 37.3 Å². The van der Waals surface area contributed by atoms with Crippen LogP contribution in [-0.4, -0.2) is 18.4 Å². The molecule has 4 rings (SSSR count). The number of carbonyl (C=O) groups is 2. The van der Waals surface area contributed by atoms with Crippen LogP contribution >= 0.6 is 22.7 Å². The van der Waals surface area contributed by atoms with Crippen molar-refractivity contribution >= 4 is 39.4 Å². The summed E-state index contributed by atoms with van der Waals surface area (Å²) in [6, 6.07) is 4.11. The minimum atomic E-state index is -0.283. The van der Waals surface area contributed by atoms with Gasteiger partial charge in [-0.1, -0.05) is 12.1 Å². The number of ether oxygens (including phenoxy) is 1. The molecular formula is C19H19NO3S2. The molecule has 2 aromatic rings. The van der Waals surface area contributed by atoms with Crippen molar-refractivity contribution in [3.63, 3.8) is 0 Å². The minimum Gasteiger partial charge on any atom is -0.462 e. The van der Waals surface area contributed by atoms with Gasteiger partial charge in [-0.3, -0.25) is 4.79 Å². The van der Waals surface area contributed by atoms with E-state index < -0.39 is 0 Å².